The van der Waals surface area contributed by atoms with Gasteiger partial charge in [-0.15, -0.1) is 0 Å². The number of hydrogen-bond acceptors (Lipinski definition) is 2. The van der Waals surface area contributed by atoms with Crippen LogP contribution in [0, 0.1) is 0 Å². The molecule has 1 fully saturated rings. The van der Waals surface area contributed by atoms with E-state index in [0.717, 1.165) is 19.4 Å². The second kappa shape index (κ2) is 5.67. The van der Waals surface area contributed by atoms with Crippen molar-refractivity contribution in [3.8, 4) is 0 Å². The molecule has 0 aromatic rings. The number of carbonyl (C=O) groups excluding carboxylic acids is 1. The van der Waals surface area contributed by atoms with Crippen molar-refractivity contribution < 1.29 is 4.79 Å². The smallest absolute Gasteiger partial charge is 0.223 e. The van der Waals surface area contributed by atoms with E-state index in [1.807, 2.05) is 4.90 Å². The Kier molecular flexibility index (Phi) is 4.78. The second-order valence-corrected chi connectivity index (χ2v) is 5.59. The van der Waals surface area contributed by atoms with Crippen LogP contribution in [0.5, 0.6) is 0 Å². The molecular weight excluding hydrogens is 200 g/mol. The Balaban J connectivity index is 2.36. The van der Waals surface area contributed by atoms with E-state index in [0.29, 0.717) is 6.42 Å². The molecule has 1 atom stereocenters. The highest BCUT2D eigenvalue weighted by atomic mass is 16.2. The number of likely N-dealkylation sites (tertiary alicyclic amines) is 1. The van der Waals surface area contributed by atoms with Crippen LogP contribution in [-0.2, 0) is 4.79 Å². The van der Waals surface area contributed by atoms with Crippen molar-refractivity contribution in [1.29, 1.82) is 0 Å². The summed E-state index contributed by atoms with van der Waals surface area (Å²) in [7, 11) is 0. The lowest BCUT2D eigenvalue weighted by molar-refractivity contribution is -0.134. The van der Waals surface area contributed by atoms with E-state index >= 15 is 0 Å². The molecule has 0 aromatic carbocycles. The van der Waals surface area contributed by atoms with Crippen molar-refractivity contribution in [3.63, 3.8) is 0 Å². The molecule has 0 bridgehead atoms. The minimum absolute atomic E-state index is 0.0404. The lowest BCUT2D eigenvalue weighted by Gasteiger charge is -2.31. The van der Waals surface area contributed by atoms with Gasteiger partial charge in [0.05, 0.1) is 0 Å². The molecule has 3 nitrogen and oxygen atoms in total. The average molecular weight is 226 g/mol. The molecule has 0 aromatic heterocycles. The zero-order valence-electron chi connectivity index (χ0n) is 11.0. The van der Waals surface area contributed by atoms with Gasteiger partial charge < -0.3 is 10.6 Å². The fourth-order valence-electron chi connectivity index (χ4n) is 2.58. The third kappa shape index (κ3) is 3.48. The van der Waals surface area contributed by atoms with E-state index in [4.69, 9.17) is 5.73 Å². The van der Waals surface area contributed by atoms with Gasteiger partial charge in [-0.1, -0.05) is 26.2 Å². The molecule has 1 amide bonds. The van der Waals surface area contributed by atoms with Gasteiger partial charge in [-0.3, -0.25) is 4.79 Å². The molecule has 1 rings (SSSR count). The molecule has 1 aliphatic rings. The molecule has 2 N–H and O–H groups in total. The van der Waals surface area contributed by atoms with Gasteiger partial charge in [-0.2, -0.15) is 0 Å². The topological polar surface area (TPSA) is 46.3 Å². The maximum absolute atomic E-state index is 12.0. The van der Waals surface area contributed by atoms with Crippen molar-refractivity contribution in [2.45, 2.75) is 70.9 Å². The van der Waals surface area contributed by atoms with Crippen LogP contribution >= 0.6 is 0 Å². The Morgan fingerprint density at radius 3 is 2.56 bits per heavy atom. The monoisotopic (exact) mass is 226 g/mol. The second-order valence-electron chi connectivity index (χ2n) is 5.59. The summed E-state index contributed by atoms with van der Waals surface area (Å²) >= 11 is 0. The lowest BCUT2D eigenvalue weighted by Crippen LogP contribution is -2.42. The molecule has 16 heavy (non-hydrogen) atoms. The number of nitrogens with two attached hydrogens (primary N) is 1. The van der Waals surface area contributed by atoms with E-state index in [1.165, 1.54) is 19.3 Å². The maximum Gasteiger partial charge on any atom is 0.223 e. The van der Waals surface area contributed by atoms with Gasteiger partial charge in [0.25, 0.3) is 0 Å². The van der Waals surface area contributed by atoms with Gasteiger partial charge in [0.1, 0.15) is 0 Å². The Morgan fingerprint density at radius 1 is 1.38 bits per heavy atom. The fourth-order valence-corrected chi connectivity index (χ4v) is 2.58. The number of carbonyl (C=O) groups is 1. The van der Waals surface area contributed by atoms with Crippen molar-refractivity contribution in [1.82, 2.24) is 4.90 Å². The normalized spacial score (nSPS) is 23.8. The van der Waals surface area contributed by atoms with Gasteiger partial charge in [-0.05, 0) is 26.7 Å². The van der Waals surface area contributed by atoms with E-state index in [1.54, 1.807) is 0 Å². The first-order valence-corrected chi connectivity index (χ1v) is 6.53. The Labute approximate surface area is 99.4 Å². The third-order valence-electron chi connectivity index (χ3n) is 3.45. The Hall–Kier alpha value is -0.570. The minimum atomic E-state index is -0.0404. The quantitative estimate of drug-likeness (QED) is 0.731. The SMILES string of the molecule is CCCCCCC(=O)N1CC(N)CC1(C)C. The Bertz CT molecular complexity index is 238. The largest absolute Gasteiger partial charge is 0.336 e. The first-order valence-electron chi connectivity index (χ1n) is 6.53. The highest BCUT2D eigenvalue weighted by molar-refractivity contribution is 5.77. The third-order valence-corrected chi connectivity index (χ3v) is 3.45. The predicted octanol–water partition coefficient (Wildman–Crippen LogP) is 2.29. The molecule has 1 saturated heterocycles. The number of hydrogen-bond donors (Lipinski definition) is 1. The summed E-state index contributed by atoms with van der Waals surface area (Å²) in [6.45, 7) is 7.15. The first-order chi connectivity index (χ1) is 7.47. The summed E-state index contributed by atoms with van der Waals surface area (Å²) in [6, 6.07) is 0.162. The Morgan fingerprint density at radius 2 is 2.06 bits per heavy atom. The molecule has 1 unspecified atom stereocenters. The average Bonchev–Trinajstić information content (AvgIpc) is 2.46. The molecule has 0 spiro atoms. The molecular formula is C13H26N2O. The van der Waals surface area contributed by atoms with Crippen molar-refractivity contribution >= 4 is 5.91 Å². The van der Waals surface area contributed by atoms with Crippen LogP contribution in [0.3, 0.4) is 0 Å². The summed E-state index contributed by atoms with van der Waals surface area (Å²) in [5, 5.41) is 0. The summed E-state index contributed by atoms with van der Waals surface area (Å²) < 4.78 is 0. The van der Waals surface area contributed by atoms with Crippen LogP contribution in [0.1, 0.15) is 59.3 Å². The lowest BCUT2D eigenvalue weighted by atomic mass is 10.00. The van der Waals surface area contributed by atoms with E-state index in [2.05, 4.69) is 20.8 Å². The van der Waals surface area contributed by atoms with E-state index < -0.39 is 0 Å². The van der Waals surface area contributed by atoms with E-state index in [-0.39, 0.29) is 17.5 Å². The molecule has 0 radical (unpaired) electrons. The standard InChI is InChI=1S/C13H26N2O/c1-4-5-6-7-8-12(16)15-10-11(14)9-13(15,2)3/h11H,4-10,14H2,1-3H3. The zero-order valence-corrected chi connectivity index (χ0v) is 11.0. The van der Waals surface area contributed by atoms with Gasteiger partial charge in [0.15, 0.2) is 0 Å². The van der Waals surface area contributed by atoms with Crippen LogP contribution in [-0.4, -0.2) is 28.9 Å². The number of nitrogens with zero attached hydrogens (tertiary/aromatic N) is 1. The summed E-state index contributed by atoms with van der Waals surface area (Å²) in [5.74, 6) is 0.286. The first kappa shape index (κ1) is 13.5. The molecule has 94 valence electrons. The molecule has 0 saturated carbocycles. The van der Waals surface area contributed by atoms with Crippen molar-refractivity contribution in [3.05, 3.63) is 0 Å². The zero-order chi connectivity index (χ0) is 12.2. The highest BCUT2D eigenvalue weighted by Crippen LogP contribution is 2.28. The minimum Gasteiger partial charge on any atom is -0.336 e. The van der Waals surface area contributed by atoms with Gasteiger partial charge >= 0.3 is 0 Å². The van der Waals surface area contributed by atoms with Crippen LogP contribution in [0.4, 0.5) is 0 Å². The van der Waals surface area contributed by atoms with Gasteiger partial charge in [-0.25, -0.2) is 0 Å². The van der Waals surface area contributed by atoms with Crippen molar-refractivity contribution in [2.75, 3.05) is 6.54 Å². The number of amides is 1. The molecule has 1 heterocycles. The highest BCUT2D eigenvalue weighted by Gasteiger charge is 2.38. The summed E-state index contributed by atoms with van der Waals surface area (Å²) in [4.78, 5) is 14.0. The molecule has 3 heteroatoms. The van der Waals surface area contributed by atoms with Crippen LogP contribution in [0.15, 0.2) is 0 Å². The molecule has 0 aliphatic carbocycles. The fraction of sp³-hybridized carbons (Fsp3) is 0.923. The van der Waals surface area contributed by atoms with Crippen LogP contribution in [0.2, 0.25) is 0 Å². The van der Waals surface area contributed by atoms with Crippen LogP contribution < -0.4 is 5.73 Å². The van der Waals surface area contributed by atoms with Crippen molar-refractivity contribution in [2.24, 2.45) is 5.73 Å². The summed E-state index contributed by atoms with van der Waals surface area (Å²) in [6.07, 6.45) is 6.26. The van der Waals surface area contributed by atoms with E-state index in [9.17, 15) is 4.79 Å². The van der Waals surface area contributed by atoms with Gasteiger partial charge in [0.2, 0.25) is 5.91 Å². The van der Waals surface area contributed by atoms with Crippen LogP contribution in [0.25, 0.3) is 0 Å². The maximum atomic E-state index is 12.0. The predicted molar refractivity (Wildman–Crippen MR) is 67.1 cm³/mol. The summed E-state index contributed by atoms with van der Waals surface area (Å²) in [5.41, 5.74) is 5.88. The van der Waals surface area contributed by atoms with Gasteiger partial charge in [0, 0.05) is 24.5 Å². The number of unbranched alkanes of at least 4 members (excludes halogenated alkanes) is 3. The molecule has 1 aliphatic heterocycles. The number of rotatable bonds is 5.